The molecule has 0 spiro atoms. The van der Waals surface area contributed by atoms with Gasteiger partial charge in [-0.1, -0.05) is 13.8 Å². The van der Waals surface area contributed by atoms with Crippen LogP contribution in [0.4, 0.5) is 4.79 Å². The standard InChI is InChI=1S/C16H28N2O5/c1-10(2)12(17-15(22)23-16(3,4)5)13(19)18-8-6-11(7-9-18)14(20)21/h10-12H,6-9H2,1-5H3,(H,17,22)(H,20,21). The highest BCUT2D eigenvalue weighted by atomic mass is 16.6. The van der Waals surface area contributed by atoms with Crippen molar-refractivity contribution in [3.8, 4) is 0 Å². The second-order valence-electron chi connectivity index (χ2n) is 7.31. The third-order valence-electron chi connectivity index (χ3n) is 3.76. The number of carbonyl (C=O) groups excluding carboxylic acids is 2. The monoisotopic (exact) mass is 328 g/mol. The van der Waals surface area contributed by atoms with Crippen molar-refractivity contribution >= 4 is 18.0 Å². The summed E-state index contributed by atoms with van der Waals surface area (Å²) >= 11 is 0. The van der Waals surface area contributed by atoms with Gasteiger partial charge in [-0.3, -0.25) is 9.59 Å². The van der Waals surface area contributed by atoms with E-state index in [1.165, 1.54) is 0 Å². The van der Waals surface area contributed by atoms with Gasteiger partial charge in [0, 0.05) is 13.1 Å². The number of ether oxygens (including phenoxy) is 1. The Kier molecular flexibility index (Phi) is 6.41. The van der Waals surface area contributed by atoms with E-state index in [0.29, 0.717) is 25.9 Å². The van der Waals surface area contributed by atoms with Gasteiger partial charge in [-0.05, 0) is 39.5 Å². The van der Waals surface area contributed by atoms with Crippen molar-refractivity contribution in [2.24, 2.45) is 11.8 Å². The number of alkyl carbamates (subject to hydrolysis) is 1. The number of nitrogens with one attached hydrogen (secondary N) is 1. The largest absolute Gasteiger partial charge is 0.481 e. The summed E-state index contributed by atoms with van der Waals surface area (Å²) in [5, 5.41) is 11.6. The van der Waals surface area contributed by atoms with Crippen molar-refractivity contribution in [3.63, 3.8) is 0 Å². The summed E-state index contributed by atoms with van der Waals surface area (Å²) < 4.78 is 5.21. The van der Waals surface area contributed by atoms with Crippen LogP contribution in [0.1, 0.15) is 47.5 Å². The van der Waals surface area contributed by atoms with Crippen LogP contribution in [0.3, 0.4) is 0 Å². The van der Waals surface area contributed by atoms with Crippen LogP contribution >= 0.6 is 0 Å². The summed E-state index contributed by atoms with van der Waals surface area (Å²) in [5.41, 5.74) is -0.630. The minimum absolute atomic E-state index is 0.0905. The van der Waals surface area contributed by atoms with E-state index in [-0.39, 0.29) is 11.8 Å². The van der Waals surface area contributed by atoms with Gasteiger partial charge < -0.3 is 20.1 Å². The molecule has 7 heteroatoms. The number of amides is 2. The predicted octanol–water partition coefficient (Wildman–Crippen LogP) is 1.86. The normalized spacial score (nSPS) is 17.7. The molecule has 0 aromatic rings. The number of aliphatic carboxylic acids is 1. The Balaban J connectivity index is 2.65. The highest BCUT2D eigenvalue weighted by Gasteiger charge is 2.33. The number of nitrogens with zero attached hydrogens (tertiary/aromatic N) is 1. The quantitative estimate of drug-likeness (QED) is 0.821. The molecule has 1 aliphatic rings. The highest BCUT2D eigenvalue weighted by molar-refractivity contribution is 5.86. The molecule has 1 fully saturated rings. The van der Waals surface area contributed by atoms with Crippen molar-refractivity contribution in [1.82, 2.24) is 10.2 Å². The van der Waals surface area contributed by atoms with Crippen LogP contribution in [0.15, 0.2) is 0 Å². The first kappa shape index (κ1) is 19.3. The van der Waals surface area contributed by atoms with Crippen molar-refractivity contribution in [2.45, 2.75) is 59.1 Å². The van der Waals surface area contributed by atoms with E-state index in [2.05, 4.69) is 5.32 Å². The van der Waals surface area contributed by atoms with E-state index >= 15 is 0 Å². The molecule has 0 aliphatic carbocycles. The van der Waals surface area contributed by atoms with Gasteiger partial charge >= 0.3 is 12.1 Å². The fourth-order valence-electron chi connectivity index (χ4n) is 2.49. The van der Waals surface area contributed by atoms with Gasteiger partial charge in [0.05, 0.1) is 5.92 Å². The molecule has 0 aromatic carbocycles. The Morgan fingerprint density at radius 3 is 2.09 bits per heavy atom. The fraction of sp³-hybridized carbons (Fsp3) is 0.812. The van der Waals surface area contributed by atoms with Crippen LogP contribution in [-0.2, 0) is 14.3 Å². The van der Waals surface area contributed by atoms with Gasteiger partial charge in [0.2, 0.25) is 5.91 Å². The SMILES string of the molecule is CC(C)C(NC(=O)OC(C)(C)C)C(=O)N1CCC(C(=O)O)CC1. The van der Waals surface area contributed by atoms with Gasteiger partial charge in [0.25, 0.3) is 0 Å². The molecule has 1 aliphatic heterocycles. The number of hydrogen-bond donors (Lipinski definition) is 2. The van der Waals surface area contributed by atoms with E-state index in [4.69, 9.17) is 9.84 Å². The molecule has 1 unspecified atom stereocenters. The molecule has 2 amide bonds. The number of rotatable bonds is 4. The Bertz CT molecular complexity index is 448. The van der Waals surface area contributed by atoms with E-state index in [9.17, 15) is 14.4 Å². The summed E-state index contributed by atoms with van der Waals surface area (Å²) in [4.78, 5) is 37.1. The molecule has 132 valence electrons. The maximum atomic E-state index is 12.6. The molecular weight excluding hydrogens is 300 g/mol. The molecule has 1 rings (SSSR count). The predicted molar refractivity (Wildman–Crippen MR) is 84.9 cm³/mol. The van der Waals surface area contributed by atoms with Crippen LogP contribution in [0.2, 0.25) is 0 Å². The first-order valence-corrected chi connectivity index (χ1v) is 8.02. The van der Waals surface area contributed by atoms with Crippen molar-refractivity contribution in [3.05, 3.63) is 0 Å². The molecule has 23 heavy (non-hydrogen) atoms. The van der Waals surface area contributed by atoms with Crippen molar-refractivity contribution in [1.29, 1.82) is 0 Å². The molecule has 7 nitrogen and oxygen atoms in total. The third kappa shape index (κ3) is 6.08. The molecule has 0 bridgehead atoms. The maximum absolute atomic E-state index is 12.6. The molecule has 1 heterocycles. The van der Waals surface area contributed by atoms with Gasteiger partial charge in [-0.25, -0.2) is 4.79 Å². The fourth-order valence-corrected chi connectivity index (χ4v) is 2.49. The van der Waals surface area contributed by atoms with Gasteiger partial charge in [0.1, 0.15) is 11.6 Å². The Morgan fingerprint density at radius 2 is 1.70 bits per heavy atom. The minimum atomic E-state index is -0.815. The second kappa shape index (κ2) is 7.66. The Labute approximate surface area is 137 Å². The van der Waals surface area contributed by atoms with Crippen LogP contribution in [-0.4, -0.2) is 52.7 Å². The summed E-state index contributed by atoms with van der Waals surface area (Å²) in [5.74, 6) is -1.48. The van der Waals surface area contributed by atoms with Crippen LogP contribution in [0.25, 0.3) is 0 Å². The second-order valence-corrected chi connectivity index (χ2v) is 7.31. The topological polar surface area (TPSA) is 95.9 Å². The number of carboxylic acid groups (broad SMARTS) is 1. The lowest BCUT2D eigenvalue weighted by Gasteiger charge is -2.34. The van der Waals surface area contributed by atoms with Crippen molar-refractivity contribution < 1.29 is 24.2 Å². The van der Waals surface area contributed by atoms with E-state index in [0.717, 1.165) is 0 Å². The van der Waals surface area contributed by atoms with E-state index < -0.39 is 29.6 Å². The van der Waals surface area contributed by atoms with Crippen LogP contribution in [0.5, 0.6) is 0 Å². The summed E-state index contributed by atoms with van der Waals surface area (Å²) in [6.45, 7) is 9.78. The van der Waals surface area contributed by atoms with Crippen LogP contribution < -0.4 is 5.32 Å². The zero-order chi connectivity index (χ0) is 17.8. The average Bonchev–Trinajstić information content (AvgIpc) is 2.42. The Hall–Kier alpha value is -1.79. The molecule has 2 N–H and O–H groups in total. The van der Waals surface area contributed by atoms with Crippen LogP contribution in [0, 0.1) is 11.8 Å². The van der Waals surface area contributed by atoms with Gasteiger partial charge in [-0.15, -0.1) is 0 Å². The number of hydrogen-bond acceptors (Lipinski definition) is 4. The van der Waals surface area contributed by atoms with E-state index in [1.807, 2.05) is 13.8 Å². The maximum Gasteiger partial charge on any atom is 0.408 e. The molecule has 1 atom stereocenters. The molecule has 0 saturated carbocycles. The minimum Gasteiger partial charge on any atom is -0.481 e. The number of carbonyl (C=O) groups is 3. The number of piperidine rings is 1. The lowest BCUT2D eigenvalue weighted by molar-refractivity contribution is -0.146. The molecule has 0 radical (unpaired) electrons. The highest BCUT2D eigenvalue weighted by Crippen LogP contribution is 2.19. The van der Waals surface area contributed by atoms with E-state index in [1.54, 1.807) is 25.7 Å². The first-order valence-electron chi connectivity index (χ1n) is 8.02. The first-order chi connectivity index (χ1) is 10.5. The number of carboxylic acids is 1. The summed E-state index contributed by atoms with van der Waals surface area (Å²) in [7, 11) is 0. The lowest BCUT2D eigenvalue weighted by atomic mass is 9.95. The summed E-state index contributed by atoms with van der Waals surface area (Å²) in [6.07, 6.45) is 0.265. The molecular formula is C16H28N2O5. The smallest absolute Gasteiger partial charge is 0.408 e. The van der Waals surface area contributed by atoms with Gasteiger partial charge in [-0.2, -0.15) is 0 Å². The zero-order valence-electron chi connectivity index (χ0n) is 14.6. The number of likely N-dealkylation sites (tertiary alicyclic amines) is 1. The molecule has 1 saturated heterocycles. The Morgan fingerprint density at radius 1 is 1.17 bits per heavy atom. The van der Waals surface area contributed by atoms with Crippen molar-refractivity contribution in [2.75, 3.05) is 13.1 Å². The third-order valence-corrected chi connectivity index (χ3v) is 3.76. The zero-order valence-corrected chi connectivity index (χ0v) is 14.6. The van der Waals surface area contributed by atoms with Gasteiger partial charge in [0.15, 0.2) is 0 Å². The summed E-state index contributed by atoms with van der Waals surface area (Å²) in [6, 6.07) is -0.675. The average molecular weight is 328 g/mol. The lowest BCUT2D eigenvalue weighted by Crippen LogP contribution is -2.54. The molecule has 0 aromatic heterocycles.